The summed E-state index contributed by atoms with van der Waals surface area (Å²) in [5.74, 6) is 0.372. The van der Waals surface area contributed by atoms with Gasteiger partial charge in [-0.15, -0.1) is 0 Å². The molecular formula is C16H15FO2. The number of rotatable bonds is 2. The number of hydrogen-bond donors (Lipinski definition) is 1. The molecule has 3 heteroatoms. The second-order valence-corrected chi connectivity index (χ2v) is 4.81. The molecule has 19 heavy (non-hydrogen) atoms. The Morgan fingerprint density at radius 3 is 2.84 bits per heavy atom. The maximum absolute atomic E-state index is 13.9. The fourth-order valence-electron chi connectivity index (χ4n) is 2.62. The van der Waals surface area contributed by atoms with Gasteiger partial charge in [-0.05, 0) is 47.7 Å². The molecule has 1 aliphatic carbocycles. The number of fused-ring (bicyclic) bond motifs is 1. The lowest BCUT2D eigenvalue weighted by molar-refractivity contribution is 0.180. The summed E-state index contributed by atoms with van der Waals surface area (Å²) in [6.45, 7) is 0. The lowest BCUT2D eigenvalue weighted by Crippen LogP contribution is -1.92. The van der Waals surface area contributed by atoms with Gasteiger partial charge in [0.1, 0.15) is 11.6 Å². The molecule has 0 saturated carbocycles. The van der Waals surface area contributed by atoms with Gasteiger partial charge in [0.15, 0.2) is 0 Å². The molecule has 0 heterocycles. The first-order valence-electron chi connectivity index (χ1n) is 6.34. The molecule has 98 valence electrons. The van der Waals surface area contributed by atoms with Gasteiger partial charge in [0, 0.05) is 5.56 Å². The maximum Gasteiger partial charge on any atom is 0.131 e. The number of aliphatic hydroxyl groups excluding tert-OH is 1. The Kier molecular flexibility index (Phi) is 2.99. The lowest BCUT2D eigenvalue weighted by atomic mass is 9.99. The maximum atomic E-state index is 13.9. The largest absolute Gasteiger partial charge is 0.497 e. The summed E-state index contributed by atoms with van der Waals surface area (Å²) in [6.07, 6.45) is 1.22. The predicted molar refractivity (Wildman–Crippen MR) is 71.7 cm³/mol. The van der Waals surface area contributed by atoms with Crippen molar-refractivity contribution < 1.29 is 14.2 Å². The molecule has 1 N–H and O–H groups in total. The minimum Gasteiger partial charge on any atom is -0.497 e. The monoisotopic (exact) mass is 258 g/mol. The summed E-state index contributed by atoms with van der Waals surface area (Å²) in [5.41, 5.74) is 3.42. The van der Waals surface area contributed by atoms with Crippen LogP contribution >= 0.6 is 0 Å². The van der Waals surface area contributed by atoms with Crippen LogP contribution in [0.2, 0.25) is 0 Å². The van der Waals surface area contributed by atoms with Crippen molar-refractivity contribution in [2.45, 2.75) is 18.9 Å². The highest BCUT2D eigenvalue weighted by Gasteiger charge is 2.20. The molecule has 0 aromatic heterocycles. The summed E-state index contributed by atoms with van der Waals surface area (Å²) in [6, 6.07) is 10.4. The van der Waals surface area contributed by atoms with E-state index in [1.54, 1.807) is 19.2 Å². The number of methoxy groups -OCH3 is 1. The van der Waals surface area contributed by atoms with Crippen LogP contribution in [0.5, 0.6) is 5.75 Å². The fraction of sp³-hybridized carbons (Fsp3) is 0.250. The van der Waals surface area contributed by atoms with E-state index in [0.29, 0.717) is 11.3 Å². The Balaban J connectivity index is 2.08. The molecule has 0 radical (unpaired) electrons. The summed E-state index contributed by atoms with van der Waals surface area (Å²) >= 11 is 0. The highest BCUT2D eigenvalue weighted by molar-refractivity contribution is 5.67. The van der Waals surface area contributed by atoms with Crippen molar-refractivity contribution in [1.82, 2.24) is 0 Å². The summed E-state index contributed by atoms with van der Waals surface area (Å²) in [4.78, 5) is 0. The van der Waals surface area contributed by atoms with Crippen molar-refractivity contribution in [3.8, 4) is 16.9 Å². The highest BCUT2D eigenvalue weighted by atomic mass is 19.1. The van der Waals surface area contributed by atoms with Crippen molar-refractivity contribution >= 4 is 0 Å². The molecule has 0 saturated heterocycles. The summed E-state index contributed by atoms with van der Waals surface area (Å²) in [5, 5.41) is 9.79. The number of ether oxygens (including phenoxy) is 1. The van der Waals surface area contributed by atoms with E-state index in [1.807, 2.05) is 18.2 Å². The van der Waals surface area contributed by atoms with Gasteiger partial charge in [0.25, 0.3) is 0 Å². The topological polar surface area (TPSA) is 29.5 Å². The van der Waals surface area contributed by atoms with Gasteiger partial charge >= 0.3 is 0 Å². The van der Waals surface area contributed by atoms with Crippen LogP contribution in [0.4, 0.5) is 4.39 Å². The molecule has 2 nitrogen and oxygen atoms in total. The van der Waals surface area contributed by atoms with Crippen molar-refractivity contribution in [1.29, 1.82) is 0 Å². The molecule has 0 unspecified atom stereocenters. The first-order chi connectivity index (χ1) is 9.19. The van der Waals surface area contributed by atoms with Gasteiger partial charge in [0.05, 0.1) is 13.2 Å². The number of aliphatic hydroxyl groups is 1. The van der Waals surface area contributed by atoms with Crippen LogP contribution in [-0.2, 0) is 6.42 Å². The van der Waals surface area contributed by atoms with Gasteiger partial charge in [-0.25, -0.2) is 4.39 Å². The first kappa shape index (κ1) is 12.2. The Bertz CT molecular complexity index is 622. The third-order valence-corrected chi connectivity index (χ3v) is 3.67. The van der Waals surface area contributed by atoms with E-state index in [-0.39, 0.29) is 11.9 Å². The van der Waals surface area contributed by atoms with E-state index in [4.69, 9.17) is 4.74 Å². The van der Waals surface area contributed by atoms with E-state index in [1.165, 1.54) is 6.07 Å². The zero-order valence-corrected chi connectivity index (χ0v) is 10.7. The van der Waals surface area contributed by atoms with Crippen LogP contribution in [0.15, 0.2) is 36.4 Å². The number of hydrogen-bond acceptors (Lipinski definition) is 2. The molecule has 0 amide bonds. The molecule has 2 aromatic rings. The van der Waals surface area contributed by atoms with Crippen LogP contribution in [0, 0.1) is 5.82 Å². The number of benzene rings is 2. The zero-order valence-electron chi connectivity index (χ0n) is 10.7. The minimum absolute atomic E-state index is 0.265. The molecule has 1 atom stereocenters. The summed E-state index contributed by atoms with van der Waals surface area (Å²) < 4.78 is 19.0. The molecule has 1 aliphatic rings. The Hall–Kier alpha value is -1.87. The van der Waals surface area contributed by atoms with E-state index < -0.39 is 0 Å². The smallest absolute Gasteiger partial charge is 0.131 e. The van der Waals surface area contributed by atoms with Crippen molar-refractivity contribution in [3.05, 3.63) is 53.3 Å². The van der Waals surface area contributed by atoms with Crippen LogP contribution in [0.1, 0.15) is 23.7 Å². The van der Waals surface area contributed by atoms with Gasteiger partial charge in [-0.3, -0.25) is 0 Å². The van der Waals surface area contributed by atoms with Gasteiger partial charge in [-0.1, -0.05) is 18.2 Å². The standard InChI is InChI=1S/C16H15FO2/c1-19-12-4-6-15(17)14(9-12)11-2-5-13-10(8-11)3-7-16(13)18/h2,4-6,8-9,16,18H,3,7H2,1H3/t16-/m0/s1. The molecule has 0 bridgehead atoms. The minimum atomic E-state index is -0.376. The fourth-order valence-corrected chi connectivity index (χ4v) is 2.62. The van der Waals surface area contributed by atoms with Crippen LogP contribution < -0.4 is 4.74 Å². The van der Waals surface area contributed by atoms with E-state index in [0.717, 1.165) is 29.5 Å². The molecule has 0 spiro atoms. The third kappa shape index (κ3) is 2.10. The van der Waals surface area contributed by atoms with Crippen LogP contribution in [-0.4, -0.2) is 12.2 Å². The quantitative estimate of drug-likeness (QED) is 0.893. The van der Waals surface area contributed by atoms with Crippen molar-refractivity contribution in [2.24, 2.45) is 0 Å². The van der Waals surface area contributed by atoms with E-state index in [2.05, 4.69) is 0 Å². The van der Waals surface area contributed by atoms with E-state index in [9.17, 15) is 9.50 Å². The highest BCUT2D eigenvalue weighted by Crippen LogP contribution is 2.35. The Morgan fingerprint density at radius 2 is 2.05 bits per heavy atom. The van der Waals surface area contributed by atoms with Gasteiger partial charge < -0.3 is 9.84 Å². The molecular weight excluding hydrogens is 243 g/mol. The van der Waals surface area contributed by atoms with Gasteiger partial charge in [-0.2, -0.15) is 0 Å². The van der Waals surface area contributed by atoms with Gasteiger partial charge in [0.2, 0.25) is 0 Å². The van der Waals surface area contributed by atoms with Crippen molar-refractivity contribution in [2.75, 3.05) is 7.11 Å². The second-order valence-electron chi connectivity index (χ2n) is 4.81. The molecule has 0 aliphatic heterocycles. The normalized spacial score (nSPS) is 17.3. The number of halogens is 1. The molecule has 0 fully saturated rings. The van der Waals surface area contributed by atoms with Crippen LogP contribution in [0.3, 0.4) is 0 Å². The van der Waals surface area contributed by atoms with E-state index >= 15 is 0 Å². The molecule has 2 aromatic carbocycles. The zero-order chi connectivity index (χ0) is 13.4. The van der Waals surface area contributed by atoms with Crippen molar-refractivity contribution in [3.63, 3.8) is 0 Å². The molecule has 3 rings (SSSR count). The third-order valence-electron chi connectivity index (χ3n) is 3.67. The SMILES string of the molecule is COc1ccc(F)c(-c2ccc3c(c2)CC[C@@H]3O)c1. The van der Waals surface area contributed by atoms with Crippen LogP contribution in [0.25, 0.3) is 11.1 Å². The Morgan fingerprint density at radius 1 is 1.21 bits per heavy atom. The lowest BCUT2D eigenvalue weighted by Gasteiger charge is -2.09. The average molecular weight is 258 g/mol. The number of aryl methyl sites for hydroxylation is 1. The predicted octanol–water partition coefficient (Wildman–Crippen LogP) is 3.48. The second kappa shape index (κ2) is 4.67. The average Bonchev–Trinajstić information content (AvgIpc) is 2.80. The summed E-state index contributed by atoms with van der Waals surface area (Å²) in [7, 11) is 1.57. The Labute approximate surface area is 111 Å². The first-order valence-corrected chi connectivity index (χ1v) is 6.34.